The summed E-state index contributed by atoms with van der Waals surface area (Å²) in [5.74, 6) is -0.583. The van der Waals surface area contributed by atoms with E-state index in [1.165, 1.54) is 0 Å². The van der Waals surface area contributed by atoms with Crippen molar-refractivity contribution in [1.82, 2.24) is 5.32 Å². The molecular weight excluding hydrogens is 208 g/mol. The smallest absolute Gasteiger partial charge is 0.312 e. The number of nitrogens with one attached hydrogen (secondary N) is 1. The van der Waals surface area contributed by atoms with Crippen LogP contribution in [0.1, 0.15) is 34.1 Å². The lowest BCUT2D eigenvalue weighted by atomic mass is 9.96. The molecule has 5 nitrogen and oxygen atoms in total. The predicted octanol–water partition coefficient (Wildman–Crippen LogP) is 1.47. The van der Waals surface area contributed by atoms with Gasteiger partial charge in [0.05, 0.1) is 0 Å². The monoisotopic (exact) mass is 232 g/mol. The topological polar surface area (TPSA) is 73.6 Å². The second-order valence-corrected chi connectivity index (χ2v) is 3.73. The van der Waals surface area contributed by atoms with Crippen LogP contribution >= 0.6 is 0 Å². The molecule has 96 valence electrons. The summed E-state index contributed by atoms with van der Waals surface area (Å²) in [5, 5.41) is 2.60. The molecule has 0 aromatic heterocycles. The van der Waals surface area contributed by atoms with Crippen molar-refractivity contribution in [3.8, 4) is 0 Å². The Kier molecular flexibility index (Phi) is 7.08. The molecule has 0 spiro atoms. The van der Waals surface area contributed by atoms with Crippen LogP contribution in [0.5, 0.6) is 0 Å². The third kappa shape index (κ3) is 4.81. The van der Waals surface area contributed by atoms with Crippen molar-refractivity contribution in [2.75, 3.05) is 19.8 Å². The van der Waals surface area contributed by atoms with Gasteiger partial charge in [0, 0.05) is 25.7 Å². The number of amides is 2. The minimum atomic E-state index is -0.666. The number of rotatable bonds is 8. The number of primary amides is 1. The molecule has 0 aliphatic rings. The fraction of sp³-hybridized carbons (Fsp3) is 0.909. The summed E-state index contributed by atoms with van der Waals surface area (Å²) in [5.41, 5.74) is 5.05. The second-order valence-electron chi connectivity index (χ2n) is 3.73. The summed E-state index contributed by atoms with van der Waals surface area (Å²) in [4.78, 5) is 10.7. The fourth-order valence-electron chi connectivity index (χ4n) is 1.77. The molecule has 0 heterocycles. The van der Waals surface area contributed by atoms with Crippen LogP contribution in [0.3, 0.4) is 0 Å². The molecule has 0 aromatic rings. The Bertz CT molecular complexity index is 203. The fourth-order valence-corrected chi connectivity index (χ4v) is 1.77. The van der Waals surface area contributed by atoms with E-state index in [9.17, 15) is 4.79 Å². The number of urea groups is 1. The minimum absolute atomic E-state index is 0.0832. The van der Waals surface area contributed by atoms with E-state index in [1.807, 2.05) is 27.7 Å². The molecule has 0 aromatic carbocycles. The maximum atomic E-state index is 10.7. The van der Waals surface area contributed by atoms with Gasteiger partial charge in [-0.15, -0.1) is 0 Å². The lowest BCUT2D eigenvalue weighted by molar-refractivity contribution is -0.251. The number of carbonyl (C=O) groups excluding carboxylic acids is 1. The predicted molar refractivity (Wildman–Crippen MR) is 63.0 cm³/mol. The van der Waals surface area contributed by atoms with E-state index in [0.29, 0.717) is 19.8 Å². The van der Waals surface area contributed by atoms with Crippen molar-refractivity contribution in [3.05, 3.63) is 0 Å². The van der Waals surface area contributed by atoms with Crippen LogP contribution in [0, 0.1) is 5.92 Å². The highest BCUT2D eigenvalue weighted by atomic mass is 16.7. The maximum absolute atomic E-state index is 10.7. The van der Waals surface area contributed by atoms with E-state index in [0.717, 1.165) is 6.42 Å². The van der Waals surface area contributed by atoms with Crippen LogP contribution < -0.4 is 11.1 Å². The Morgan fingerprint density at radius 1 is 1.31 bits per heavy atom. The molecule has 1 unspecified atom stereocenters. The van der Waals surface area contributed by atoms with E-state index in [2.05, 4.69) is 5.32 Å². The lowest BCUT2D eigenvalue weighted by Gasteiger charge is -2.36. The molecule has 0 fully saturated rings. The summed E-state index contributed by atoms with van der Waals surface area (Å²) in [6, 6.07) is -0.520. The average molecular weight is 232 g/mol. The number of ether oxygens (including phenoxy) is 2. The van der Waals surface area contributed by atoms with Gasteiger partial charge in [0.15, 0.2) is 5.79 Å². The molecule has 0 rings (SSSR count). The number of hydrogen-bond donors (Lipinski definition) is 2. The van der Waals surface area contributed by atoms with Gasteiger partial charge in [0.2, 0.25) is 0 Å². The van der Waals surface area contributed by atoms with Crippen molar-refractivity contribution in [3.63, 3.8) is 0 Å². The van der Waals surface area contributed by atoms with Crippen molar-refractivity contribution in [2.45, 2.75) is 39.9 Å². The normalized spacial score (nSPS) is 13.5. The minimum Gasteiger partial charge on any atom is -0.352 e. The van der Waals surface area contributed by atoms with Crippen LogP contribution in [0.4, 0.5) is 4.79 Å². The summed E-state index contributed by atoms with van der Waals surface area (Å²) < 4.78 is 11.3. The third-order valence-corrected chi connectivity index (χ3v) is 2.62. The first-order valence-corrected chi connectivity index (χ1v) is 5.81. The summed E-state index contributed by atoms with van der Waals surface area (Å²) in [6.45, 7) is 9.38. The van der Waals surface area contributed by atoms with Gasteiger partial charge in [-0.05, 0) is 27.2 Å². The van der Waals surface area contributed by atoms with Crippen LogP contribution in [-0.2, 0) is 9.47 Å². The van der Waals surface area contributed by atoms with Crippen molar-refractivity contribution >= 4 is 6.03 Å². The van der Waals surface area contributed by atoms with E-state index < -0.39 is 11.8 Å². The van der Waals surface area contributed by atoms with E-state index in [1.54, 1.807) is 0 Å². The molecular formula is C11H24N2O3. The van der Waals surface area contributed by atoms with E-state index >= 15 is 0 Å². The quantitative estimate of drug-likeness (QED) is 0.622. The Hall–Kier alpha value is -0.810. The average Bonchev–Trinajstić information content (AvgIpc) is 2.18. The SMILES string of the molecule is CCOC(C)(OCC)C(CC)CNC(N)=O. The molecule has 0 aliphatic heterocycles. The van der Waals surface area contributed by atoms with Crippen molar-refractivity contribution in [1.29, 1.82) is 0 Å². The molecule has 16 heavy (non-hydrogen) atoms. The van der Waals surface area contributed by atoms with Crippen LogP contribution in [0.15, 0.2) is 0 Å². The Balaban J connectivity index is 4.49. The van der Waals surface area contributed by atoms with Gasteiger partial charge >= 0.3 is 6.03 Å². The highest BCUT2D eigenvalue weighted by Gasteiger charge is 2.34. The molecule has 0 aliphatic carbocycles. The van der Waals surface area contributed by atoms with Gasteiger partial charge in [-0.25, -0.2) is 4.79 Å². The largest absolute Gasteiger partial charge is 0.352 e. The van der Waals surface area contributed by atoms with Crippen LogP contribution in [0.25, 0.3) is 0 Å². The first-order chi connectivity index (χ1) is 7.50. The molecule has 0 saturated heterocycles. The molecule has 1 atom stereocenters. The molecule has 0 radical (unpaired) electrons. The maximum Gasteiger partial charge on any atom is 0.312 e. The molecule has 0 bridgehead atoms. The second kappa shape index (κ2) is 7.46. The molecule has 0 saturated carbocycles. The van der Waals surface area contributed by atoms with Crippen molar-refractivity contribution < 1.29 is 14.3 Å². The lowest BCUT2D eigenvalue weighted by Crippen LogP contribution is -2.47. The van der Waals surface area contributed by atoms with Gasteiger partial charge in [0.25, 0.3) is 0 Å². The van der Waals surface area contributed by atoms with Crippen LogP contribution in [0.2, 0.25) is 0 Å². The van der Waals surface area contributed by atoms with Gasteiger partial charge < -0.3 is 20.5 Å². The first kappa shape index (κ1) is 15.2. The van der Waals surface area contributed by atoms with Gasteiger partial charge in [-0.2, -0.15) is 0 Å². The molecule has 3 N–H and O–H groups in total. The van der Waals surface area contributed by atoms with Gasteiger partial charge in [-0.1, -0.05) is 6.92 Å². The third-order valence-electron chi connectivity index (χ3n) is 2.62. The molecule has 5 heteroatoms. The van der Waals surface area contributed by atoms with Gasteiger partial charge in [0.1, 0.15) is 0 Å². The first-order valence-electron chi connectivity index (χ1n) is 5.81. The summed E-state index contributed by atoms with van der Waals surface area (Å²) >= 11 is 0. The zero-order valence-corrected chi connectivity index (χ0v) is 10.7. The van der Waals surface area contributed by atoms with E-state index in [4.69, 9.17) is 15.2 Å². The standard InChI is InChI=1S/C11H24N2O3/c1-5-9(8-13-10(12)14)11(4,15-6-2)16-7-3/h9H,5-8H2,1-4H3,(H3,12,13,14). The van der Waals surface area contributed by atoms with Gasteiger partial charge in [-0.3, -0.25) is 0 Å². The summed E-state index contributed by atoms with van der Waals surface area (Å²) in [6.07, 6.45) is 0.844. The highest BCUT2D eigenvalue weighted by Crippen LogP contribution is 2.26. The number of hydrogen-bond acceptors (Lipinski definition) is 3. The highest BCUT2D eigenvalue weighted by molar-refractivity contribution is 5.71. The van der Waals surface area contributed by atoms with E-state index in [-0.39, 0.29) is 5.92 Å². The van der Waals surface area contributed by atoms with Crippen LogP contribution in [-0.4, -0.2) is 31.6 Å². The van der Waals surface area contributed by atoms with Crippen molar-refractivity contribution in [2.24, 2.45) is 11.7 Å². The number of carbonyl (C=O) groups is 1. The zero-order valence-electron chi connectivity index (χ0n) is 10.7. The Labute approximate surface area is 97.7 Å². The Morgan fingerprint density at radius 2 is 1.81 bits per heavy atom. The Morgan fingerprint density at radius 3 is 2.12 bits per heavy atom. The molecule has 2 amide bonds. The number of nitrogens with two attached hydrogens (primary N) is 1. The zero-order chi connectivity index (χ0) is 12.6. The summed E-state index contributed by atoms with van der Waals surface area (Å²) in [7, 11) is 0.